The lowest BCUT2D eigenvalue weighted by Gasteiger charge is -2.28. The molecule has 0 aliphatic carbocycles. The third-order valence-electron chi connectivity index (χ3n) is 4.28. The first kappa shape index (κ1) is 14.9. The van der Waals surface area contributed by atoms with Gasteiger partial charge in [-0.15, -0.1) is 0 Å². The van der Waals surface area contributed by atoms with E-state index in [-0.39, 0.29) is 11.5 Å². The highest BCUT2D eigenvalue weighted by molar-refractivity contribution is 5.43. The van der Waals surface area contributed by atoms with Crippen molar-refractivity contribution < 1.29 is 0 Å². The molecule has 1 aliphatic rings. The monoisotopic (exact) mass is 325 g/mol. The second-order valence-corrected chi connectivity index (χ2v) is 6.35. The molecule has 0 fully saturated rings. The van der Waals surface area contributed by atoms with Crippen molar-refractivity contribution in [2.24, 2.45) is 0 Å². The van der Waals surface area contributed by atoms with Gasteiger partial charge in [0.1, 0.15) is 11.6 Å². The Hall–Kier alpha value is -2.61. The maximum atomic E-state index is 12.7. The zero-order chi connectivity index (χ0) is 16.7. The summed E-state index contributed by atoms with van der Waals surface area (Å²) >= 11 is 0. The molecule has 0 radical (unpaired) electrons. The highest BCUT2D eigenvalue weighted by Crippen LogP contribution is 2.15. The van der Waals surface area contributed by atoms with Gasteiger partial charge in [0.05, 0.1) is 18.4 Å². The van der Waals surface area contributed by atoms with Crippen molar-refractivity contribution >= 4 is 5.52 Å². The summed E-state index contributed by atoms with van der Waals surface area (Å²) in [5, 5.41) is 4.69. The highest BCUT2D eigenvalue weighted by atomic mass is 16.1. The van der Waals surface area contributed by atoms with Crippen molar-refractivity contribution in [2.45, 2.75) is 39.4 Å². The first-order valence-electron chi connectivity index (χ1n) is 8.08. The summed E-state index contributed by atoms with van der Waals surface area (Å²) in [4.78, 5) is 27.7. The van der Waals surface area contributed by atoms with Crippen LogP contribution in [0.25, 0.3) is 5.52 Å². The van der Waals surface area contributed by atoms with E-state index >= 15 is 0 Å². The normalized spacial score (nSPS) is 15.1. The summed E-state index contributed by atoms with van der Waals surface area (Å²) in [7, 11) is 0. The summed E-state index contributed by atoms with van der Waals surface area (Å²) < 4.78 is 3.46. The number of nitrogens with zero attached hydrogens (tertiary/aromatic N) is 7. The topological polar surface area (TPSA) is 81.2 Å². The van der Waals surface area contributed by atoms with Crippen LogP contribution in [-0.2, 0) is 19.6 Å². The fourth-order valence-electron chi connectivity index (χ4n) is 3.07. The third kappa shape index (κ3) is 2.48. The van der Waals surface area contributed by atoms with Crippen LogP contribution in [0.1, 0.15) is 37.1 Å². The Morgan fingerprint density at radius 3 is 2.79 bits per heavy atom. The zero-order valence-corrected chi connectivity index (χ0v) is 13.8. The molecule has 0 saturated heterocycles. The second-order valence-electron chi connectivity index (χ2n) is 6.35. The summed E-state index contributed by atoms with van der Waals surface area (Å²) in [5.74, 6) is 1.79. The van der Waals surface area contributed by atoms with Crippen LogP contribution in [0.5, 0.6) is 0 Å². The highest BCUT2D eigenvalue weighted by Gasteiger charge is 2.22. The van der Waals surface area contributed by atoms with Gasteiger partial charge in [-0.2, -0.15) is 5.10 Å². The van der Waals surface area contributed by atoms with Crippen LogP contribution in [0, 0.1) is 0 Å². The average molecular weight is 325 g/mol. The summed E-state index contributed by atoms with van der Waals surface area (Å²) in [5.41, 5.74) is 1.45. The maximum Gasteiger partial charge on any atom is 0.279 e. The molecule has 4 rings (SSSR count). The molecule has 0 amide bonds. The minimum absolute atomic E-state index is 0.0152. The second kappa shape index (κ2) is 5.79. The van der Waals surface area contributed by atoms with Gasteiger partial charge in [-0.3, -0.25) is 24.2 Å². The number of hydrogen-bond acceptors (Lipinski definition) is 6. The third-order valence-corrected chi connectivity index (χ3v) is 4.28. The largest absolute Gasteiger partial charge is 0.291 e. The van der Waals surface area contributed by atoms with Crippen molar-refractivity contribution in [1.29, 1.82) is 0 Å². The summed E-state index contributed by atoms with van der Waals surface area (Å²) in [6.07, 6.45) is 6.76. The Morgan fingerprint density at radius 2 is 2.04 bits per heavy atom. The van der Waals surface area contributed by atoms with Crippen molar-refractivity contribution in [3.8, 4) is 0 Å². The fourth-order valence-corrected chi connectivity index (χ4v) is 3.07. The van der Waals surface area contributed by atoms with Crippen LogP contribution in [0.4, 0.5) is 0 Å². The predicted molar refractivity (Wildman–Crippen MR) is 87.5 cm³/mol. The predicted octanol–water partition coefficient (Wildman–Crippen LogP) is 0.820. The molecule has 8 heteroatoms. The first-order chi connectivity index (χ1) is 11.6. The van der Waals surface area contributed by atoms with Crippen molar-refractivity contribution in [2.75, 3.05) is 6.54 Å². The molecule has 0 saturated carbocycles. The maximum absolute atomic E-state index is 12.7. The minimum atomic E-state index is -0.0152. The molecule has 0 atom stereocenters. The van der Waals surface area contributed by atoms with E-state index in [0.29, 0.717) is 25.2 Å². The van der Waals surface area contributed by atoms with Gasteiger partial charge >= 0.3 is 0 Å². The number of imidazole rings is 1. The molecular formula is C16H19N7O. The van der Waals surface area contributed by atoms with E-state index in [1.54, 1.807) is 33.9 Å². The molecule has 0 aromatic carbocycles. The Bertz CT molecular complexity index is 929. The molecule has 3 aromatic heterocycles. The molecule has 24 heavy (non-hydrogen) atoms. The lowest BCUT2D eigenvalue weighted by Crippen LogP contribution is -2.40. The van der Waals surface area contributed by atoms with Crippen LogP contribution >= 0.6 is 0 Å². The number of fused-ring (bicyclic) bond motifs is 2. The zero-order valence-electron chi connectivity index (χ0n) is 13.8. The van der Waals surface area contributed by atoms with Crippen molar-refractivity contribution in [3.05, 3.63) is 52.5 Å². The molecule has 0 spiro atoms. The van der Waals surface area contributed by atoms with Gasteiger partial charge in [0, 0.05) is 44.1 Å². The van der Waals surface area contributed by atoms with E-state index in [1.165, 1.54) is 0 Å². The van der Waals surface area contributed by atoms with Crippen LogP contribution < -0.4 is 5.56 Å². The molecule has 8 nitrogen and oxygen atoms in total. The molecule has 0 bridgehead atoms. The van der Waals surface area contributed by atoms with E-state index < -0.39 is 0 Å². The number of rotatable bonds is 3. The van der Waals surface area contributed by atoms with E-state index in [1.807, 2.05) is 13.8 Å². The standard InChI is InChI=1S/C16H19N7O/c1-11(2)15-19-8-13-16(24)22-6-5-21(10-14(22)20-23(13)15)9-12-7-17-3-4-18-12/h3-4,7-8,11H,5-6,9-10H2,1-2H3. The van der Waals surface area contributed by atoms with E-state index in [2.05, 4.69) is 25.0 Å². The van der Waals surface area contributed by atoms with Crippen LogP contribution in [0.15, 0.2) is 29.6 Å². The Balaban J connectivity index is 1.70. The Labute approximate surface area is 138 Å². The number of aromatic nitrogens is 6. The Kier molecular flexibility index (Phi) is 3.61. The molecule has 3 aromatic rings. The van der Waals surface area contributed by atoms with Crippen LogP contribution in [0.2, 0.25) is 0 Å². The molecule has 0 unspecified atom stereocenters. The number of hydrogen-bond donors (Lipinski definition) is 0. The van der Waals surface area contributed by atoms with Gasteiger partial charge in [0.2, 0.25) is 0 Å². The summed E-state index contributed by atoms with van der Waals surface area (Å²) in [6, 6.07) is 0. The Morgan fingerprint density at radius 1 is 1.17 bits per heavy atom. The van der Waals surface area contributed by atoms with Gasteiger partial charge in [-0.25, -0.2) is 9.50 Å². The van der Waals surface area contributed by atoms with Gasteiger partial charge in [-0.1, -0.05) is 13.8 Å². The van der Waals surface area contributed by atoms with Gasteiger partial charge < -0.3 is 0 Å². The minimum Gasteiger partial charge on any atom is -0.291 e. The fraction of sp³-hybridized carbons (Fsp3) is 0.438. The van der Waals surface area contributed by atoms with E-state index in [4.69, 9.17) is 0 Å². The van der Waals surface area contributed by atoms with Crippen LogP contribution in [-0.4, -0.2) is 40.6 Å². The van der Waals surface area contributed by atoms with Gasteiger partial charge in [-0.05, 0) is 0 Å². The quantitative estimate of drug-likeness (QED) is 0.709. The molecule has 124 valence electrons. The lowest BCUT2D eigenvalue weighted by molar-refractivity contribution is 0.199. The molecule has 1 aliphatic heterocycles. The van der Waals surface area contributed by atoms with Crippen molar-refractivity contribution in [3.63, 3.8) is 0 Å². The molecular weight excluding hydrogens is 306 g/mol. The van der Waals surface area contributed by atoms with Crippen LogP contribution in [0.3, 0.4) is 0 Å². The van der Waals surface area contributed by atoms with E-state index in [9.17, 15) is 4.79 Å². The lowest BCUT2D eigenvalue weighted by atomic mass is 10.2. The van der Waals surface area contributed by atoms with Crippen molar-refractivity contribution in [1.82, 2.24) is 34.0 Å². The average Bonchev–Trinajstić information content (AvgIpc) is 3.00. The molecule has 0 N–H and O–H groups in total. The first-order valence-corrected chi connectivity index (χ1v) is 8.08. The van der Waals surface area contributed by atoms with Gasteiger partial charge in [0.25, 0.3) is 5.56 Å². The molecule has 4 heterocycles. The van der Waals surface area contributed by atoms with Gasteiger partial charge in [0.15, 0.2) is 5.52 Å². The smallest absolute Gasteiger partial charge is 0.279 e. The summed E-state index contributed by atoms with van der Waals surface area (Å²) in [6.45, 7) is 6.81. The SMILES string of the molecule is CC(C)c1ncc2c(=O)n3c(nn12)CN(Cc1cnccn1)CC3. The van der Waals surface area contributed by atoms with E-state index in [0.717, 1.165) is 23.9 Å².